The Morgan fingerprint density at radius 3 is 3.00 bits per heavy atom. The molecule has 0 atom stereocenters. The fourth-order valence-electron chi connectivity index (χ4n) is 2.40. The maximum absolute atomic E-state index is 13.2. The number of carbonyl (C=O) groups is 1. The molecule has 0 unspecified atom stereocenters. The summed E-state index contributed by atoms with van der Waals surface area (Å²) >= 11 is 0. The molecule has 0 bridgehead atoms. The van der Waals surface area contributed by atoms with E-state index in [2.05, 4.69) is 4.98 Å². The number of aromatic carboxylic acids is 1. The molecular weight excluding hydrogens is 235 g/mol. The zero-order valence-electron chi connectivity index (χ0n) is 9.56. The molecule has 1 aliphatic rings. The Balaban J connectivity index is 2.19. The second-order valence-corrected chi connectivity index (χ2v) is 4.30. The van der Waals surface area contributed by atoms with Gasteiger partial charge in [0.15, 0.2) is 5.69 Å². The molecule has 0 aliphatic carbocycles. The number of halogens is 1. The van der Waals surface area contributed by atoms with Crippen LogP contribution in [0.15, 0.2) is 24.3 Å². The van der Waals surface area contributed by atoms with Gasteiger partial charge < -0.3 is 9.67 Å². The minimum absolute atomic E-state index is 0.0896. The number of nitrogens with zero attached hydrogens (tertiary/aromatic N) is 2. The first-order valence-electron chi connectivity index (χ1n) is 5.75. The van der Waals surface area contributed by atoms with Gasteiger partial charge in [0.1, 0.15) is 11.6 Å². The minimum atomic E-state index is -1.02. The van der Waals surface area contributed by atoms with Crippen LogP contribution < -0.4 is 0 Å². The van der Waals surface area contributed by atoms with Crippen LogP contribution >= 0.6 is 0 Å². The number of imidazole rings is 1. The SMILES string of the molecule is O=C(O)c1nc(-c2cccc(F)c2)n2c1CCC2. The van der Waals surface area contributed by atoms with Gasteiger partial charge >= 0.3 is 5.97 Å². The Hall–Kier alpha value is -2.17. The molecule has 18 heavy (non-hydrogen) atoms. The van der Waals surface area contributed by atoms with E-state index in [4.69, 9.17) is 5.11 Å². The van der Waals surface area contributed by atoms with Gasteiger partial charge in [0.05, 0.1) is 5.69 Å². The van der Waals surface area contributed by atoms with E-state index in [1.807, 2.05) is 4.57 Å². The zero-order valence-corrected chi connectivity index (χ0v) is 9.56. The highest BCUT2D eigenvalue weighted by Crippen LogP contribution is 2.28. The molecule has 4 nitrogen and oxygen atoms in total. The summed E-state index contributed by atoms with van der Waals surface area (Å²) in [5.41, 5.74) is 1.44. The summed E-state index contributed by atoms with van der Waals surface area (Å²) in [6.45, 7) is 0.738. The van der Waals surface area contributed by atoms with Crippen LogP contribution in [0.4, 0.5) is 4.39 Å². The van der Waals surface area contributed by atoms with Gasteiger partial charge in [-0.05, 0) is 25.0 Å². The van der Waals surface area contributed by atoms with Gasteiger partial charge in [-0.3, -0.25) is 0 Å². The summed E-state index contributed by atoms with van der Waals surface area (Å²) in [6.07, 6.45) is 1.62. The van der Waals surface area contributed by atoms with Gasteiger partial charge in [0, 0.05) is 12.1 Å². The Kier molecular flexibility index (Phi) is 2.40. The molecule has 92 valence electrons. The Morgan fingerprint density at radius 1 is 1.44 bits per heavy atom. The van der Waals surface area contributed by atoms with E-state index < -0.39 is 5.97 Å². The van der Waals surface area contributed by atoms with Crippen LogP contribution in [0.3, 0.4) is 0 Å². The standard InChI is InChI=1S/C13H11FN2O2/c14-9-4-1-3-8(7-9)12-15-11(13(17)18)10-5-2-6-16(10)12/h1,3-4,7H,2,5-6H2,(H,17,18). The van der Waals surface area contributed by atoms with Crippen LogP contribution in [0.1, 0.15) is 22.6 Å². The van der Waals surface area contributed by atoms with E-state index in [1.54, 1.807) is 12.1 Å². The minimum Gasteiger partial charge on any atom is -0.476 e. The van der Waals surface area contributed by atoms with Crippen molar-refractivity contribution in [3.63, 3.8) is 0 Å². The normalized spacial score (nSPS) is 13.6. The maximum Gasteiger partial charge on any atom is 0.356 e. The molecule has 5 heteroatoms. The smallest absolute Gasteiger partial charge is 0.356 e. The average Bonchev–Trinajstić information content (AvgIpc) is 2.88. The molecule has 1 aromatic heterocycles. The predicted octanol–water partition coefficient (Wildman–Crippen LogP) is 2.33. The molecule has 0 spiro atoms. The largest absolute Gasteiger partial charge is 0.476 e. The zero-order chi connectivity index (χ0) is 12.7. The predicted molar refractivity (Wildman–Crippen MR) is 62.9 cm³/mol. The van der Waals surface area contributed by atoms with Gasteiger partial charge in [0.2, 0.25) is 0 Å². The van der Waals surface area contributed by atoms with Crippen LogP contribution in [0, 0.1) is 5.82 Å². The molecule has 1 aliphatic heterocycles. The highest BCUT2D eigenvalue weighted by molar-refractivity contribution is 5.88. The lowest BCUT2D eigenvalue weighted by molar-refractivity contribution is 0.0690. The van der Waals surface area contributed by atoms with E-state index in [9.17, 15) is 9.18 Å². The monoisotopic (exact) mass is 246 g/mol. The number of carboxylic acids is 1. The number of aromatic nitrogens is 2. The van der Waals surface area contributed by atoms with Crippen molar-refractivity contribution in [3.05, 3.63) is 41.5 Å². The lowest BCUT2D eigenvalue weighted by Gasteiger charge is -2.03. The number of benzene rings is 1. The number of hydrogen-bond acceptors (Lipinski definition) is 2. The third kappa shape index (κ3) is 1.59. The molecule has 0 amide bonds. The molecule has 0 saturated carbocycles. The van der Waals surface area contributed by atoms with Crippen LogP contribution in [0.5, 0.6) is 0 Å². The quantitative estimate of drug-likeness (QED) is 0.884. The molecule has 2 heterocycles. The molecule has 0 saturated heterocycles. The third-order valence-corrected chi connectivity index (χ3v) is 3.15. The van der Waals surface area contributed by atoms with E-state index in [0.29, 0.717) is 17.8 Å². The van der Waals surface area contributed by atoms with Gasteiger partial charge in [-0.25, -0.2) is 14.2 Å². The second-order valence-electron chi connectivity index (χ2n) is 4.30. The van der Waals surface area contributed by atoms with Crippen LogP contribution in [-0.2, 0) is 13.0 Å². The summed E-state index contributed by atoms with van der Waals surface area (Å²) in [4.78, 5) is 15.3. The molecular formula is C13H11FN2O2. The highest BCUT2D eigenvalue weighted by atomic mass is 19.1. The fourth-order valence-corrected chi connectivity index (χ4v) is 2.40. The fraction of sp³-hybridized carbons (Fsp3) is 0.231. The van der Waals surface area contributed by atoms with Crippen molar-refractivity contribution >= 4 is 5.97 Å². The number of rotatable bonds is 2. The summed E-state index contributed by atoms with van der Waals surface area (Å²) in [6, 6.07) is 6.07. The Bertz CT molecular complexity index is 634. The average molecular weight is 246 g/mol. The summed E-state index contributed by atoms with van der Waals surface area (Å²) < 4.78 is 15.1. The van der Waals surface area contributed by atoms with E-state index in [1.165, 1.54) is 12.1 Å². The molecule has 2 aromatic rings. The first-order valence-corrected chi connectivity index (χ1v) is 5.75. The topological polar surface area (TPSA) is 55.1 Å². The van der Waals surface area contributed by atoms with Crippen molar-refractivity contribution in [2.45, 2.75) is 19.4 Å². The van der Waals surface area contributed by atoms with E-state index in [-0.39, 0.29) is 11.5 Å². The van der Waals surface area contributed by atoms with Crippen LogP contribution in [0.2, 0.25) is 0 Å². The van der Waals surface area contributed by atoms with Crippen LogP contribution in [0.25, 0.3) is 11.4 Å². The summed E-state index contributed by atoms with van der Waals surface area (Å²) in [7, 11) is 0. The van der Waals surface area contributed by atoms with Crippen LogP contribution in [-0.4, -0.2) is 20.6 Å². The number of hydrogen-bond donors (Lipinski definition) is 1. The van der Waals surface area contributed by atoms with Crippen molar-refractivity contribution in [2.75, 3.05) is 0 Å². The van der Waals surface area contributed by atoms with Crippen molar-refractivity contribution in [1.29, 1.82) is 0 Å². The first kappa shape index (κ1) is 11.0. The summed E-state index contributed by atoms with van der Waals surface area (Å²) in [5, 5.41) is 9.11. The Morgan fingerprint density at radius 2 is 2.28 bits per heavy atom. The third-order valence-electron chi connectivity index (χ3n) is 3.15. The lowest BCUT2D eigenvalue weighted by atomic mass is 10.2. The van der Waals surface area contributed by atoms with Gasteiger partial charge in [-0.2, -0.15) is 0 Å². The van der Waals surface area contributed by atoms with Gasteiger partial charge in [0.25, 0.3) is 0 Å². The summed E-state index contributed by atoms with van der Waals surface area (Å²) in [5.74, 6) is -0.831. The lowest BCUT2D eigenvalue weighted by Crippen LogP contribution is -2.00. The van der Waals surface area contributed by atoms with E-state index in [0.717, 1.165) is 18.7 Å². The molecule has 1 N–H and O–H groups in total. The Labute approximate surface area is 103 Å². The molecule has 3 rings (SSSR count). The van der Waals surface area contributed by atoms with Crippen molar-refractivity contribution in [1.82, 2.24) is 9.55 Å². The molecule has 0 radical (unpaired) electrons. The maximum atomic E-state index is 13.2. The molecule has 1 aromatic carbocycles. The van der Waals surface area contributed by atoms with E-state index >= 15 is 0 Å². The van der Waals surface area contributed by atoms with Gasteiger partial charge in [-0.1, -0.05) is 12.1 Å². The first-order chi connectivity index (χ1) is 8.66. The van der Waals surface area contributed by atoms with Crippen molar-refractivity contribution < 1.29 is 14.3 Å². The number of carboxylic acid groups (broad SMARTS) is 1. The number of fused-ring (bicyclic) bond motifs is 1. The van der Waals surface area contributed by atoms with Gasteiger partial charge in [-0.15, -0.1) is 0 Å². The highest BCUT2D eigenvalue weighted by Gasteiger charge is 2.25. The van der Waals surface area contributed by atoms with Crippen molar-refractivity contribution in [3.8, 4) is 11.4 Å². The molecule has 0 fully saturated rings. The van der Waals surface area contributed by atoms with Crippen molar-refractivity contribution in [2.24, 2.45) is 0 Å². The second kappa shape index (κ2) is 3.94.